The number of nitrogens with one attached hydrogen (secondary N) is 2. The van der Waals surface area contributed by atoms with E-state index in [0.717, 1.165) is 0 Å². The van der Waals surface area contributed by atoms with Gasteiger partial charge in [-0.3, -0.25) is 9.59 Å². The van der Waals surface area contributed by atoms with E-state index in [2.05, 4.69) is 26.0 Å². The van der Waals surface area contributed by atoms with Crippen molar-refractivity contribution < 1.29 is 14.3 Å². The molecule has 0 atom stereocenters. The number of nitrogens with zero attached hydrogens (tertiary/aromatic N) is 4. The number of methoxy groups -OCH3 is 1. The summed E-state index contributed by atoms with van der Waals surface area (Å²) in [6.45, 7) is -0.148. The van der Waals surface area contributed by atoms with Crippen molar-refractivity contribution in [3.05, 3.63) is 83.4 Å². The number of rotatable bonds is 7. The first-order chi connectivity index (χ1) is 16.0. The number of aromatic nitrogens is 4. The molecule has 166 valence electrons. The van der Waals surface area contributed by atoms with Gasteiger partial charge in [-0.15, -0.1) is 10.2 Å². The van der Waals surface area contributed by atoms with E-state index in [9.17, 15) is 9.59 Å². The van der Waals surface area contributed by atoms with Gasteiger partial charge in [0.1, 0.15) is 12.3 Å². The van der Waals surface area contributed by atoms with Crippen LogP contribution in [0.3, 0.4) is 0 Å². The number of benzene rings is 3. The van der Waals surface area contributed by atoms with Gasteiger partial charge in [-0.05, 0) is 53.7 Å². The zero-order chi connectivity index (χ0) is 23.2. The van der Waals surface area contributed by atoms with E-state index < -0.39 is 0 Å². The molecule has 0 bridgehead atoms. The van der Waals surface area contributed by atoms with Crippen LogP contribution in [-0.2, 0) is 11.3 Å². The lowest BCUT2D eigenvalue weighted by Gasteiger charge is -2.09. The molecule has 3 aromatic carbocycles. The molecule has 33 heavy (non-hydrogen) atoms. The fraction of sp³-hybridized carbons (Fsp3) is 0.0870. The van der Waals surface area contributed by atoms with Gasteiger partial charge >= 0.3 is 0 Å². The second kappa shape index (κ2) is 9.92. The maximum Gasteiger partial charge on any atom is 0.255 e. The summed E-state index contributed by atoms with van der Waals surface area (Å²) in [4.78, 5) is 26.2. The van der Waals surface area contributed by atoms with Crippen LogP contribution >= 0.6 is 11.6 Å². The number of amides is 2. The Bertz CT molecular complexity index is 1290. The maximum atomic E-state index is 12.6. The predicted molar refractivity (Wildman–Crippen MR) is 124 cm³/mol. The third kappa shape index (κ3) is 5.34. The van der Waals surface area contributed by atoms with E-state index >= 15 is 0 Å². The van der Waals surface area contributed by atoms with Gasteiger partial charge in [-0.2, -0.15) is 4.80 Å². The molecule has 0 unspecified atom stereocenters. The summed E-state index contributed by atoms with van der Waals surface area (Å²) in [6.07, 6.45) is 0. The summed E-state index contributed by atoms with van der Waals surface area (Å²) in [6, 6.07) is 20.7. The van der Waals surface area contributed by atoms with Crippen LogP contribution in [0.1, 0.15) is 10.4 Å². The van der Waals surface area contributed by atoms with Crippen LogP contribution in [-0.4, -0.2) is 39.1 Å². The van der Waals surface area contributed by atoms with Crippen LogP contribution in [0, 0.1) is 0 Å². The minimum atomic E-state index is -0.340. The number of carbonyl (C=O) groups excluding carboxylic acids is 2. The van der Waals surface area contributed by atoms with Gasteiger partial charge in [0.05, 0.1) is 18.5 Å². The van der Waals surface area contributed by atoms with Crippen LogP contribution in [0.2, 0.25) is 5.02 Å². The Balaban J connectivity index is 1.48. The van der Waals surface area contributed by atoms with Crippen molar-refractivity contribution in [1.29, 1.82) is 0 Å². The van der Waals surface area contributed by atoms with Crippen LogP contribution in [0.15, 0.2) is 72.8 Å². The highest BCUT2D eigenvalue weighted by molar-refractivity contribution is 6.30. The molecule has 0 aliphatic heterocycles. The third-order valence-corrected chi connectivity index (χ3v) is 4.89. The Labute approximate surface area is 194 Å². The van der Waals surface area contributed by atoms with E-state index in [1.165, 1.54) is 11.9 Å². The lowest BCUT2D eigenvalue weighted by Crippen LogP contribution is -2.20. The summed E-state index contributed by atoms with van der Waals surface area (Å²) in [5, 5.41) is 18.4. The van der Waals surface area contributed by atoms with Gasteiger partial charge in [0.25, 0.3) is 5.91 Å². The number of hydrogen-bond acceptors (Lipinski definition) is 6. The van der Waals surface area contributed by atoms with Gasteiger partial charge in [0, 0.05) is 16.1 Å². The Morgan fingerprint density at radius 1 is 0.939 bits per heavy atom. The molecule has 0 spiro atoms. The fourth-order valence-electron chi connectivity index (χ4n) is 3.07. The van der Waals surface area contributed by atoms with E-state index in [1.54, 1.807) is 66.7 Å². The highest BCUT2D eigenvalue weighted by Crippen LogP contribution is 2.25. The van der Waals surface area contributed by atoms with Crippen molar-refractivity contribution in [2.24, 2.45) is 0 Å². The smallest absolute Gasteiger partial charge is 0.255 e. The molecule has 9 nitrogen and oxygen atoms in total. The molecule has 2 N–H and O–H groups in total. The number of anilines is 2. The van der Waals surface area contributed by atoms with Crippen molar-refractivity contribution in [3.8, 4) is 17.1 Å². The number of para-hydroxylation sites is 3. The molecule has 0 radical (unpaired) electrons. The molecule has 0 saturated carbocycles. The lowest BCUT2D eigenvalue weighted by molar-refractivity contribution is -0.117. The fourth-order valence-corrected chi connectivity index (χ4v) is 3.19. The third-order valence-electron chi connectivity index (χ3n) is 4.64. The van der Waals surface area contributed by atoms with Gasteiger partial charge in [-0.25, -0.2) is 0 Å². The molecular weight excluding hydrogens is 444 g/mol. The average molecular weight is 463 g/mol. The van der Waals surface area contributed by atoms with Gasteiger partial charge < -0.3 is 15.4 Å². The molecule has 2 amide bonds. The summed E-state index contributed by atoms with van der Waals surface area (Å²) in [5.74, 6) is 0.172. The minimum absolute atomic E-state index is 0.148. The summed E-state index contributed by atoms with van der Waals surface area (Å²) >= 11 is 5.89. The molecule has 0 saturated heterocycles. The molecule has 4 aromatic rings. The van der Waals surface area contributed by atoms with Crippen LogP contribution < -0.4 is 15.4 Å². The number of tetrazole rings is 1. The highest BCUT2D eigenvalue weighted by Gasteiger charge is 2.15. The number of carbonyl (C=O) groups is 2. The van der Waals surface area contributed by atoms with Gasteiger partial charge in [-0.1, -0.05) is 35.9 Å². The van der Waals surface area contributed by atoms with Crippen molar-refractivity contribution >= 4 is 34.8 Å². The second-order valence-electron chi connectivity index (χ2n) is 6.90. The van der Waals surface area contributed by atoms with Crippen molar-refractivity contribution in [3.63, 3.8) is 0 Å². The standard InChI is InChI=1S/C23H19ClN6O3/c1-33-20-9-5-4-8-19(20)25-21(31)14-30-28-22(27-29-30)17-6-2-3-7-18(17)26-23(32)15-10-12-16(24)13-11-15/h2-13H,14H2,1H3,(H,25,31)(H,26,32). The minimum Gasteiger partial charge on any atom is -0.495 e. The number of halogens is 1. The first kappa shape index (κ1) is 22.0. The average Bonchev–Trinajstić information content (AvgIpc) is 3.28. The summed E-state index contributed by atoms with van der Waals surface area (Å²) in [5.41, 5.74) is 2.08. The van der Waals surface area contributed by atoms with E-state index in [1.807, 2.05) is 6.07 Å². The summed E-state index contributed by atoms with van der Waals surface area (Å²) in [7, 11) is 1.53. The number of ether oxygens (including phenoxy) is 1. The SMILES string of the molecule is COc1ccccc1NC(=O)Cn1nnc(-c2ccccc2NC(=O)c2ccc(Cl)cc2)n1. The van der Waals surface area contributed by atoms with E-state index in [-0.39, 0.29) is 24.2 Å². The van der Waals surface area contributed by atoms with E-state index in [4.69, 9.17) is 16.3 Å². The summed E-state index contributed by atoms with van der Waals surface area (Å²) < 4.78 is 5.23. The monoisotopic (exact) mass is 462 g/mol. The molecule has 4 rings (SSSR count). The second-order valence-corrected chi connectivity index (χ2v) is 7.33. The first-order valence-corrected chi connectivity index (χ1v) is 10.3. The zero-order valence-corrected chi connectivity index (χ0v) is 18.3. The van der Waals surface area contributed by atoms with Crippen molar-refractivity contribution in [1.82, 2.24) is 20.2 Å². The molecule has 0 aliphatic carbocycles. The predicted octanol–water partition coefficient (Wildman–Crippen LogP) is 3.89. The Morgan fingerprint density at radius 3 is 2.39 bits per heavy atom. The molecular formula is C23H19ClN6O3. The van der Waals surface area contributed by atoms with Gasteiger partial charge in [0.2, 0.25) is 11.7 Å². The Kier molecular flexibility index (Phi) is 6.61. The normalized spacial score (nSPS) is 10.5. The largest absolute Gasteiger partial charge is 0.495 e. The first-order valence-electron chi connectivity index (χ1n) is 9.90. The molecule has 1 aromatic heterocycles. The molecule has 0 fully saturated rings. The molecule has 10 heteroatoms. The zero-order valence-electron chi connectivity index (χ0n) is 17.5. The molecule has 1 heterocycles. The van der Waals surface area contributed by atoms with Crippen LogP contribution in [0.4, 0.5) is 11.4 Å². The quantitative estimate of drug-likeness (QED) is 0.431. The number of hydrogen-bond donors (Lipinski definition) is 2. The van der Waals surface area contributed by atoms with Gasteiger partial charge in [0.15, 0.2) is 0 Å². The lowest BCUT2D eigenvalue weighted by atomic mass is 10.1. The molecule has 0 aliphatic rings. The maximum absolute atomic E-state index is 12.6. The topological polar surface area (TPSA) is 111 Å². The van der Waals surface area contributed by atoms with Crippen molar-refractivity contribution in [2.45, 2.75) is 6.54 Å². The Hall–Kier alpha value is -4.24. The van der Waals surface area contributed by atoms with E-state index in [0.29, 0.717) is 33.3 Å². The van der Waals surface area contributed by atoms with Crippen molar-refractivity contribution in [2.75, 3.05) is 17.7 Å². The Morgan fingerprint density at radius 2 is 1.64 bits per heavy atom. The highest BCUT2D eigenvalue weighted by atomic mass is 35.5. The van der Waals surface area contributed by atoms with Crippen LogP contribution in [0.5, 0.6) is 5.75 Å². The van der Waals surface area contributed by atoms with Crippen LogP contribution in [0.25, 0.3) is 11.4 Å².